The average molecular weight is 312 g/mol. The highest BCUT2D eigenvalue weighted by Crippen LogP contribution is 2.64. The van der Waals surface area contributed by atoms with Crippen molar-refractivity contribution in [3.63, 3.8) is 0 Å². The Hall–Kier alpha value is -1.28. The van der Waals surface area contributed by atoms with Crippen molar-refractivity contribution in [2.24, 2.45) is 17.3 Å². The molecule has 0 spiro atoms. The van der Waals surface area contributed by atoms with E-state index in [-0.39, 0.29) is 5.41 Å². The highest BCUT2D eigenvalue weighted by molar-refractivity contribution is 5.41. The lowest BCUT2D eigenvalue weighted by atomic mass is 9.53. The van der Waals surface area contributed by atoms with Crippen molar-refractivity contribution in [3.05, 3.63) is 42.0 Å². The fourth-order valence-electron chi connectivity index (χ4n) is 6.07. The SMILES string of the molecule is C=C[C@]1(O)CC[C@H]2[C@H]3CCc4cc(OC)ccc4[C@H]3CC[C@@]21C. The Morgan fingerprint density at radius 2 is 2.09 bits per heavy atom. The molecule has 2 heteroatoms. The molecule has 0 unspecified atom stereocenters. The van der Waals surface area contributed by atoms with Gasteiger partial charge in [0, 0.05) is 5.41 Å². The Balaban J connectivity index is 1.69. The van der Waals surface area contributed by atoms with Crippen LogP contribution in [0.4, 0.5) is 0 Å². The summed E-state index contributed by atoms with van der Waals surface area (Å²) in [6, 6.07) is 6.64. The molecule has 0 aromatic heterocycles. The molecule has 4 rings (SSSR count). The molecular weight excluding hydrogens is 284 g/mol. The Labute approximate surface area is 139 Å². The van der Waals surface area contributed by atoms with Gasteiger partial charge in [-0.2, -0.15) is 0 Å². The van der Waals surface area contributed by atoms with E-state index >= 15 is 0 Å². The van der Waals surface area contributed by atoms with Gasteiger partial charge in [0.25, 0.3) is 0 Å². The van der Waals surface area contributed by atoms with Crippen molar-refractivity contribution in [3.8, 4) is 5.75 Å². The molecule has 2 fully saturated rings. The fraction of sp³-hybridized carbons (Fsp3) is 0.619. The number of aliphatic hydroxyl groups is 1. The van der Waals surface area contributed by atoms with Crippen molar-refractivity contribution in [2.75, 3.05) is 7.11 Å². The normalized spacial score (nSPS) is 41.6. The molecule has 0 heterocycles. The molecule has 1 N–H and O–H groups in total. The van der Waals surface area contributed by atoms with E-state index < -0.39 is 5.60 Å². The summed E-state index contributed by atoms with van der Waals surface area (Å²) in [6.45, 7) is 6.26. The summed E-state index contributed by atoms with van der Waals surface area (Å²) in [5.41, 5.74) is 2.37. The van der Waals surface area contributed by atoms with Crippen molar-refractivity contribution in [1.29, 1.82) is 0 Å². The van der Waals surface area contributed by atoms with E-state index in [1.54, 1.807) is 7.11 Å². The molecule has 2 saturated carbocycles. The van der Waals surface area contributed by atoms with Crippen LogP contribution in [0.25, 0.3) is 0 Å². The Morgan fingerprint density at radius 1 is 1.26 bits per heavy atom. The molecule has 0 aliphatic heterocycles. The number of rotatable bonds is 2. The van der Waals surface area contributed by atoms with Crippen LogP contribution in [-0.4, -0.2) is 17.8 Å². The van der Waals surface area contributed by atoms with Crippen LogP contribution in [0, 0.1) is 17.3 Å². The largest absolute Gasteiger partial charge is 0.497 e. The zero-order valence-electron chi connectivity index (χ0n) is 14.3. The van der Waals surface area contributed by atoms with Crippen molar-refractivity contribution < 1.29 is 9.84 Å². The van der Waals surface area contributed by atoms with Gasteiger partial charge < -0.3 is 9.84 Å². The molecule has 0 radical (unpaired) electrons. The first-order chi connectivity index (χ1) is 11.0. The quantitative estimate of drug-likeness (QED) is 0.817. The second-order valence-corrected chi connectivity index (χ2v) is 8.10. The zero-order valence-corrected chi connectivity index (χ0v) is 14.3. The van der Waals surface area contributed by atoms with Crippen LogP contribution in [0.2, 0.25) is 0 Å². The Kier molecular flexibility index (Phi) is 3.39. The van der Waals surface area contributed by atoms with Crippen molar-refractivity contribution >= 4 is 0 Å². The number of fused-ring (bicyclic) bond motifs is 5. The van der Waals surface area contributed by atoms with Gasteiger partial charge in [0.1, 0.15) is 5.75 Å². The minimum absolute atomic E-state index is 0.0138. The molecule has 23 heavy (non-hydrogen) atoms. The molecule has 2 nitrogen and oxygen atoms in total. The first kappa shape index (κ1) is 15.3. The van der Waals surface area contributed by atoms with E-state index in [4.69, 9.17) is 4.74 Å². The maximum Gasteiger partial charge on any atom is 0.119 e. The smallest absolute Gasteiger partial charge is 0.119 e. The topological polar surface area (TPSA) is 29.5 Å². The molecule has 124 valence electrons. The fourth-order valence-corrected chi connectivity index (χ4v) is 6.07. The molecule has 0 saturated heterocycles. The predicted octanol–water partition coefficient (Wildman–Crippen LogP) is 4.47. The lowest BCUT2D eigenvalue weighted by Gasteiger charge is -2.52. The Bertz CT molecular complexity index is 637. The third-order valence-corrected chi connectivity index (χ3v) is 7.49. The number of hydrogen-bond donors (Lipinski definition) is 1. The third kappa shape index (κ3) is 1.97. The second-order valence-electron chi connectivity index (χ2n) is 8.10. The van der Waals surface area contributed by atoms with Crippen LogP contribution in [0.5, 0.6) is 5.75 Å². The van der Waals surface area contributed by atoms with E-state index in [2.05, 4.69) is 31.7 Å². The molecule has 0 bridgehead atoms. The highest BCUT2D eigenvalue weighted by Gasteiger charge is 2.60. The van der Waals surface area contributed by atoms with Crippen LogP contribution < -0.4 is 4.74 Å². The standard InChI is InChI=1S/C21H28O2/c1-4-21(22)12-10-19-18-7-5-14-13-15(23-3)6-8-16(14)17(18)9-11-20(19,21)2/h4,6,8,13,17-19,22H,1,5,7,9-12H2,2-3H3/t17-,18+,19+,20+,21+/m1/s1. The van der Waals surface area contributed by atoms with Gasteiger partial charge in [0.05, 0.1) is 12.7 Å². The summed E-state index contributed by atoms with van der Waals surface area (Å²) in [6.07, 6.45) is 8.54. The van der Waals surface area contributed by atoms with Crippen LogP contribution in [0.3, 0.4) is 0 Å². The summed E-state index contributed by atoms with van der Waals surface area (Å²) < 4.78 is 5.40. The lowest BCUT2D eigenvalue weighted by Crippen LogP contribution is -2.49. The first-order valence-electron chi connectivity index (χ1n) is 9.05. The van der Waals surface area contributed by atoms with Gasteiger partial charge in [-0.3, -0.25) is 0 Å². The lowest BCUT2D eigenvalue weighted by molar-refractivity contribution is -0.0707. The summed E-state index contributed by atoms with van der Waals surface area (Å²) in [5, 5.41) is 11.1. The van der Waals surface area contributed by atoms with Gasteiger partial charge >= 0.3 is 0 Å². The minimum atomic E-state index is -0.664. The van der Waals surface area contributed by atoms with Gasteiger partial charge in [0.15, 0.2) is 0 Å². The van der Waals surface area contributed by atoms with E-state index in [9.17, 15) is 5.11 Å². The summed E-state index contributed by atoms with van der Waals surface area (Å²) in [7, 11) is 1.74. The molecule has 3 aliphatic rings. The maximum absolute atomic E-state index is 11.1. The first-order valence-corrected chi connectivity index (χ1v) is 9.05. The van der Waals surface area contributed by atoms with Crippen molar-refractivity contribution in [2.45, 2.75) is 57.0 Å². The Morgan fingerprint density at radius 3 is 2.83 bits per heavy atom. The molecule has 1 aromatic rings. The molecule has 3 aliphatic carbocycles. The van der Waals surface area contributed by atoms with Gasteiger partial charge in [-0.25, -0.2) is 0 Å². The van der Waals surface area contributed by atoms with Gasteiger partial charge in [-0.1, -0.05) is 19.1 Å². The summed E-state index contributed by atoms with van der Waals surface area (Å²) in [5.74, 6) is 2.97. The minimum Gasteiger partial charge on any atom is -0.497 e. The van der Waals surface area contributed by atoms with Crippen molar-refractivity contribution in [1.82, 2.24) is 0 Å². The highest BCUT2D eigenvalue weighted by atomic mass is 16.5. The number of aryl methyl sites for hydroxylation is 1. The summed E-state index contributed by atoms with van der Waals surface area (Å²) in [4.78, 5) is 0. The predicted molar refractivity (Wildman–Crippen MR) is 92.8 cm³/mol. The van der Waals surface area contributed by atoms with Crippen LogP contribution in [0.1, 0.15) is 56.1 Å². The number of methoxy groups -OCH3 is 1. The second kappa shape index (κ2) is 5.11. The molecule has 5 atom stereocenters. The number of hydrogen-bond acceptors (Lipinski definition) is 2. The maximum atomic E-state index is 11.1. The van der Waals surface area contributed by atoms with Crippen LogP contribution >= 0.6 is 0 Å². The summed E-state index contributed by atoms with van der Waals surface area (Å²) >= 11 is 0. The van der Waals surface area contributed by atoms with Gasteiger partial charge in [-0.15, -0.1) is 6.58 Å². The molecule has 1 aromatic carbocycles. The van der Waals surface area contributed by atoms with E-state index in [0.29, 0.717) is 17.8 Å². The van der Waals surface area contributed by atoms with Gasteiger partial charge in [0.2, 0.25) is 0 Å². The number of ether oxygens (including phenoxy) is 1. The number of benzene rings is 1. The van der Waals surface area contributed by atoms with Gasteiger partial charge in [-0.05, 0) is 79.5 Å². The molecule has 0 amide bonds. The van der Waals surface area contributed by atoms with Crippen LogP contribution in [0.15, 0.2) is 30.9 Å². The zero-order chi connectivity index (χ0) is 16.2. The van der Waals surface area contributed by atoms with Crippen LogP contribution in [-0.2, 0) is 6.42 Å². The third-order valence-electron chi connectivity index (χ3n) is 7.49. The van der Waals surface area contributed by atoms with E-state index in [0.717, 1.165) is 31.4 Å². The average Bonchev–Trinajstić information content (AvgIpc) is 2.86. The molecular formula is C21H28O2. The van der Waals surface area contributed by atoms with E-state index in [1.807, 2.05) is 6.08 Å². The monoisotopic (exact) mass is 312 g/mol. The van der Waals surface area contributed by atoms with E-state index in [1.165, 1.54) is 24.0 Å².